The Kier molecular flexibility index (Phi) is 5.39. The van der Waals surface area contributed by atoms with E-state index in [0.717, 1.165) is 35.1 Å². The van der Waals surface area contributed by atoms with Crippen molar-refractivity contribution in [2.24, 2.45) is 5.92 Å². The summed E-state index contributed by atoms with van der Waals surface area (Å²) < 4.78 is 0.986. The third-order valence-electron chi connectivity index (χ3n) is 3.81. The second-order valence-corrected chi connectivity index (χ2v) is 6.46. The van der Waals surface area contributed by atoms with Crippen LogP contribution in [0.2, 0.25) is 0 Å². The molecule has 1 N–H and O–H groups in total. The molecule has 0 aliphatic carbocycles. The monoisotopic (exact) mass is 352 g/mol. The summed E-state index contributed by atoms with van der Waals surface area (Å²) in [6, 6.07) is 5.74. The highest BCUT2D eigenvalue weighted by Crippen LogP contribution is 2.23. The van der Waals surface area contributed by atoms with Gasteiger partial charge in [-0.25, -0.2) is 0 Å². The summed E-state index contributed by atoms with van der Waals surface area (Å²) >= 11 is 3.40. The molecule has 5 heteroatoms. The van der Waals surface area contributed by atoms with Crippen LogP contribution in [-0.2, 0) is 9.59 Å². The van der Waals surface area contributed by atoms with E-state index in [9.17, 15) is 9.59 Å². The molecule has 1 atom stereocenters. The van der Waals surface area contributed by atoms with Gasteiger partial charge in [0, 0.05) is 29.7 Å². The van der Waals surface area contributed by atoms with Gasteiger partial charge in [0.05, 0.1) is 5.92 Å². The molecule has 0 radical (unpaired) electrons. The van der Waals surface area contributed by atoms with Gasteiger partial charge in [-0.1, -0.05) is 29.3 Å². The van der Waals surface area contributed by atoms with Crippen LogP contribution in [0.4, 0.5) is 5.69 Å². The zero-order valence-electron chi connectivity index (χ0n) is 12.5. The highest BCUT2D eigenvalue weighted by atomic mass is 79.9. The molecule has 0 bridgehead atoms. The number of carbonyl (C=O) groups is 2. The molecule has 114 valence electrons. The Bertz CT molecular complexity index is 545. The molecular formula is C16H21BrN2O2. The standard InChI is InChI=1S/C16H21BrN2O2/c1-3-4-7-19-10-12(9-15(19)20)16(21)18-14-6-5-13(17)8-11(14)2/h5-6,8,12H,3-4,7,9-10H2,1-2H3,(H,18,21). The van der Waals surface area contributed by atoms with Crippen LogP contribution in [0.25, 0.3) is 0 Å². The zero-order valence-corrected chi connectivity index (χ0v) is 14.1. The van der Waals surface area contributed by atoms with Crippen molar-refractivity contribution in [3.63, 3.8) is 0 Å². The molecule has 21 heavy (non-hydrogen) atoms. The molecule has 1 aromatic carbocycles. The number of nitrogens with one attached hydrogen (secondary N) is 1. The van der Waals surface area contributed by atoms with E-state index in [0.29, 0.717) is 13.0 Å². The summed E-state index contributed by atoms with van der Waals surface area (Å²) in [4.78, 5) is 26.0. The van der Waals surface area contributed by atoms with Gasteiger partial charge in [0.15, 0.2) is 0 Å². The highest BCUT2D eigenvalue weighted by molar-refractivity contribution is 9.10. The topological polar surface area (TPSA) is 49.4 Å². The summed E-state index contributed by atoms with van der Waals surface area (Å²) in [6.07, 6.45) is 2.37. The smallest absolute Gasteiger partial charge is 0.229 e. The van der Waals surface area contributed by atoms with Gasteiger partial charge < -0.3 is 10.2 Å². The molecule has 1 fully saturated rings. The molecule has 1 unspecified atom stereocenters. The van der Waals surface area contributed by atoms with E-state index in [1.54, 1.807) is 0 Å². The van der Waals surface area contributed by atoms with Crippen LogP contribution < -0.4 is 5.32 Å². The van der Waals surface area contributed by atoms with E-state index in [2.05, 4.69) is 28.2 Å². The van der Waals surface area contributed by atoms with Gasteiger partial charge in [-0.05, 0) is 37.1 Å². The molecule has 2 amide bonds. The van der Waals surface area contributed by atoms with Crippen LogP contribution >= 0.6 is 15.9 Å². The fraction of sp³-hybridized carbons (Fsp3) is 0.500. The first-order chi connectivity index (χ1) is 10.0. The molecule has 1 saturated heterocycles. The summed E-state index contributed by atoms with van der Waals surface area (Å²) in [5.41, 5.74) is 1.81. The van der Waals surface area contributed by atoms with Crippen LogP contribution in [0.3, 0.4) is 0 Å². The lowest BCUT2D eigenvalue weighted by atomic mass is 10.1. The molecule has 0 spiro atoms. The Labute approximate surface area is 134 Å². The highest BCUT2D eigenvalue weighted by Gasteiger charge is 2.33. The Balaban J connectivity index is 1.96. The number of nitrogens with zero attached hydrogens (tertiary/aromatic N) is 1. The van der Waals surface area contributed by atoms with Crippen molar-refractivity contribution in [1.29, 1.82) is 0 Å². The van der Waals surface area contributed by atoms with Crippen molar-refractivity contribution < 1.29 is 9.59 Å². The summed E-state index contributed by atoms with van der Waals surface area (Å²) in [5, 5.41) is 2.94. The lowest BCUT2D eigenvalue weighted by Crippen LogP contribution is -2.29. The van der Waals surface area contributed by atoms with Crippen molar-refractivity contribution in [3.8, 4) is 0 Å². The minimum absolute atomic E-state index is 0.0622. The number of amides is 2. The molecule has 2 rings (SSSR count). The second-order valence-electron chi connectivity index (χ2n) is 5.54. The lowest BCUT2D eigenvalue weighted by Gasteiger charge is -2.16. The van der Waals surface area contributed by atoms with Crippen molar-refractivity contribution in [2.45, 2.75) is 33.1 Å². The largest absolute Gasteiger partial charge is 0.342 e. The predicted molar refractivity (Wildman–Crippen MR) is 87.1 cm³/mol. The SMILES string of the molecule is CCCCN1CC(C(=O)Nc2ccc(Br)cc2C)CC1=O. The second kappa shape index (κ2) is 7.07. The summed E-state index contributed by atoms with van der Waals surface area (Å²) in [7, 11) is 0. The van der Waals surface area contributed by atoms with Crippen LogP contribution in [-0.4, -0.2) is 29.8 Å². The average molecular weight is 353 g/mol. The Morgan fingerprint density at radius 1 is 1.48 bits per heavy atom. The van der Waals surface area contributed by atoms with Crippen LogP contribution in [0.5, 0.6) is 0 Å². The summed E-state index contributed by atoms with van der Waals surface area (Å²) in [6.45, 7) is 5.35. The number of anilines is 1. The fourth-order valence-electron chi connectivity index (χ4n) is 2.51. The maximum absolute atomic E-state index is 12.3. The Morgan fingerprint density at radius 2 is 2.24 bits per heavy atom. The molecule has 1 heterocycles. The number of halogens is 1. The number of rotatable bonds is 5. The van der Waals surface area contributed by atoms with Crippen LogP contribution in [0, 0.1) is 12.8 Å². The van der Waals surface area contributed by atoms with Gasteiger partial charge >= 0.3 is 0 Å². The lowest BCUT2D eigenvalue weighted by molar-refractivity contribution is -0.128. The van der Waals surface area contributed by atoms with Gasteiger partial charge in [0.1, 0.15) is 0 Å². The third-order valence-corrected chi connectivity index (χ3v) is 4.31. The average Bonchev–Trinajstić information content (AvgIpc) is 2.81. The van der Waals surface area contributed by atoms with E-state index in [-0.39, 0.29) is 17.7 Å². The van der Waals surface area contributed by atoms with E-state index >= 15 is 0 Å². The van der Waals surface area contributed by atoms with Crippen LogP contribution in [0.1, 0.15) is 31.7 Å². The van der Waals surface area contributed by atoms with Gasteiger partial charge in [0.2, 0.25) is 11.8 Å². The first kappa shape index (κ1) is 16.0. The number of benzene rings is 1. The normalized spacial score (nSPS) is 18.1. The molecule has 1 aliphatic rings. The van der Waals surface area contributed by atoms with Crippen molar-refractivity contribution in [1.82, 2.24) is 4.90 Å². The predicted octanol–water partition coefficient (Wildman–Crippen LogP) is 3.34. The zero-order chi connectivity index (χ0) is 15.4. The first-order valence-corrected chi connectivity index (χ1v) is 8.15. The quantitative estimate of drug-likeness (QED) is 0.883. The van der Waals surface area contributed by atoms with Crippen molar-refractivity contribution >= 4 is 33.4 Å². The van der Waals surface area contributed by atoms with Gasteiger partial charge in [-0.2, -0.15) is 0 Å². The molecule has 1 aromatic rings. The third kappa shape index (κ3) is 4.06. The van der Waals surface area contributed by atoms with Crippen molar-refractivity contribution in [2.75, 3.05) is 18.4 Å². The van der Waals surface area contributed by atoms with Crippen LogP contribution in [0.15, 0.2) is 22.7 Å². The number of hydrogen-bond acceptors (Lipinski definition) is 2. The van der Waals surface area contributed by atoms with Gasteiger partial charge in [-0.15, -0.1) is 0 Å². The minimum atomic E-state index is -0.239. The number of aryl methyl sites for hydroxylation is 1. The number of hydrogen-bond donors (Lipinski definition) is 1. The Hall–Kier alpha value is -1.36. The van der Waals surface area contributed by atoms with E-state index in [1.165, 1.54) is 0 Å². The van der Waals surface area contributed by atoms with E-state index in [1.807, 2.05) is 30.0 Å². The van der Waals surface area contributed by atoms with E-state index in [4.69, 9.17) is 0 Å². The summed E-state index contributed by atoms with van der Waals surface area (Å²) in [5.74, 6) is -0.207. The molecule has 0 aromatic heterocycles. The van der Waals surface area contributed by atoms with Crippen molar-refractivity contribution in [3.05, 3.63) is 28.2 Å². The number of carbonyl (C=O) groups excluding carboxylic acids is 2. The molecule has 0 saturated carbocycles. The minimum Gasteiger partial charge on any atom is -0.342 e. The fourth-order valence-corrected chi connectivity index (χ4v) is 2.99. The van der Waals surface area contributed by atoms with Gasteiger partial charge in [-0.3, -0.25) is 9.59 Å². The van der Waals surface area contributed by atoms with Gasteiger partial charge in [0.25, 0.3) is 0 Å². The van der Waals surface area contributed by atoms with E-state index < -0.39 is 0 Å². The Morgan fingerprint density at radius 3 is 2.90 bits per heavy atom. The molecule has 4 nitrogen and oxygen atoms in total. The molecule has 1 aliphatic heterocycles. The number of unbranched alkanes of at least 4 members (excludes halogenated alkanes) is 1. The maximum Gasteiger partial charge on any atom is 0.229 e. The first-order valence-electron chi connectivity index (χ1n) is 7.36. The molecular weight excluding hydrogens is 332 g/mol. The number of likely N-dealkylation sites (tertiary alicyclic amines) is 1. The maximum atomic E-state index is 12.3.